The molecule has 19 heavy (non-hydrogen) atoms. The largest absolute Gasteiger partial charge is 0.462 e. The van der Waals surface area contributed by atoms with Crippen LogP contribution in [-0.4, -0.2) is 12.6 Å². The Morgan fingerprint density at radius 1 is 1.21 bits per heavy atom. The molecule has 98 valence electrons. The molecule has 0 N–H and O–H groups in total. The van der Waals surface area contributed by atoms with E-state index in [2.05, 4.69) is 0 Å². The average Bonchev–Trinajstić information content (AvgIpc) is 2.38. The number of carbonyl (C=O) groups excluding carboxylic acids is 1. The van der Waals surface area contributed by atoms with E-state index < -0.39 is 0 Å². The fourth-order valence-electron chi connectivity index (χ4n) is 1.98. The molecule has 0 atom stereocenters. The molecule has 3 heteroatoms. The molecule has 0 radical (unpaired) electrons. The van der Waals surface area contributed by atoms with Crippen LogP contribution in [0.15, 0.2) is 42.5 Å². The summed E-state index contributed by atoms with van der Waals surface area (Å²) in [7, 11) is 0. The van der Waals surface area contributed by atoms with Gasteiger partial charge in [0, 0.05) is 0 Å². The molecule has 2 aromatic carbocycles. The van der Waals surface area contributed by atoms with Gasteiger partial charge in [-0.05, 0) is 54.8 Å². The topological polar surface area (TPSA) is 26.3 Å². The smallest absolute Gasteiger partial charge is 0.338 e. The van der Waals surface area contributed by atoms with E-state index in [0.717, 1.165) is 16.7 Å². The van der Waals surface area contributed by atoms with Gasteiger partial charge in [-0.25, -0.2) is 9.18 Å². The van der Waals surface area contributed by atoms with Crippen LogP contribution in [0.3, 0.4) is 0 Å². The van der Waals surface area contributed by atoms with E-state index in [1.807, 2.05) is 19.1 Å². The van der Waals surface area contributed by atoms with Crippen molar-refractivity contribution in [3.05, 3.63) is 59.4 Å². The van der Waals surface area contributed by atoms with Crippen LogP contribution < -0.4 is 0 Å². The summed E-state index contributed by atoms with van der Waals surface area (Å²) in [5, 5.41) is 0. The predicted molar refractivity (Wildman–Crippen MR) is 72.5 cm³/mol. The summed E-state index contributed by atoms with van der Waals surface area (Å²) in [6.45, 7) is 4.01. The third kappa shape index (κ3) is 2.99. The Morgan fingerprint density at radius 2 is 2.00 bits per heavy atom. The highest BCUT2D eigenvalue weighted by Gasteiger charge is 2.09. The van der Waals surface area contributed by atoms with Gasteiger partial charge < -0.3 is 4.74 Å². The van der Waals surface area contributed by atoms with E-state index in [9.17, 15) is 9.18 Å². The van der Waals surface area contributed by atoms with Gasteiger partial charge in [0.25, 0.3) is 0 Å². The first-order valence-corrected chi connectivity index (χ1v) is 6.15. The van der Waals surface area contributed by atoms with E-state index in [1.165, 1.54) is 12.1 Å². The second-order valence-electron chi connectivity index (χ2n) is 4.26. The minimum absolute atomic E-state index is 0.272. The van der Waals surface area contributed by atoms with Gasteiger partial charge in [0.05, 0.1) is 12.2 Å². The number of hydrogen-bond donors (Lipinski definition) is 0. The molecule has 0 aromatic heterocycles. The molecule has 0 aliphatic heterocycles. The second-order valence-corrected chi connectivity index (χ2v) is 4.26. The van der Waals surface area contributed by atoms with Gasteiger partial charge in [0.1, 0.15) is 5.82 Å². The van der Waals surface area contributed by atoms with E-state index in [1.54, 1.807) is 25.1 Å². The number of rotatable bonds is 3. The van der Waals surface area contributed by atoms with Crippen molar-refractivity contribution in [2.24, 2.45) is 0 Å². The van der Waals surface area contributed by atoms with Crippen molar-refractivity contribution in [3.63, 3.8) is 0 Å². The lowest BCUT2D eigenvalue weighted by Gasteiger charge is -2.08. The Kier molecular flexibility index (Phi) is 3.95. The first-order chi connectivity index (χ1) is 9.11. The number of aryl methyl sites for hydroxylation is 1. The summed E-state index contributed by atoms with van der Waals surface area (Å²) in [4.78, 5) is 11.6. The first kappa shape index (κ1) is 13.3. The van der Waals surface area contributed by atoms with Gasteiger partial charge in [-0.1, -0.05) is 18.2 Å². The van der Waals surface area contributed by atoms with Gasteiger partial charge in [-0.2, -0.15) is 0 Å². The van der Waals surface area contributed by atoms with Crippen LogP contribution in [0.25, 0.3) is 11.1 Å². The monoisotopic (exact) mass is 258 g/mol. The van der Waals surface area contributed by atoms with Gasteiger partial charge in [-0.15, -0.1) is 0 Å². The maximum absolute atomic E-state index is 13.2. The molecule has 0 unspecified atom stereocenters. The fourth-order valence-corrected chi connectivity index (χ4v) is 1.98. The highest BCUT2D eigenvalue weighted by atomic mass is 19.1. The van der Waals surface area contributed by atoms with Gasteiger partial charge in [0.15, 0.2) is 0 Å². The minimum atomic E-state index is -0.337. The van der Waals surface area contributed by atoms with Crippen molar-refractivity contribution in [3.8, 4) is 11.1 Å². The van der Waals surface area contributed by atoms with Crippen LogP contribution in [-0.2, 0) is 4.74 Å². The molecule has 0 amide bonds. The highest BCUT2D eigenvalue weighted by Crippen LogP contribution is 2.25. The van der Waals surface area contributed by atoms with Crippen molar-refractivity contribution in [1.29, 1.82) is 0 Å². The molecular formula is C16H15FO2. The molecular weight excluding hydrogens is 243 g/mol. The van der Waals surface area contributed by atoms with Crippen molar-refractivity contribution in [2.75, 3.05) is 6.61 Å². The van der Waals surface area contributed by atoms with Gasteiger partial charge in [0.2, 0.25) is 0 Å². The van der Waals surface area contributed by atoms with Crippen LogP contribution >= 0.6 is 0 Å². The zero-order chi connectivity index (χ0) is 13.8. The Labute approximate surface area is 111 Å². The molecule has 0 saturated carbocycles. The van der Waals surface area contributed by atoms with Crippen LogP contribution in [0.1, 0.15) is 22.8 Å². The third-order valence-corrected chi connectivity index (χ3v) is 2.87. The van der Waals surface area contributed by atoms with Crippen LogP contribution in [0.2, 0.25) is 0 Å². The quantitative estimate of drug-likeness (QED) is 0.778. The number of esters is 1. The van der Waals surface area contributed by atoms with Crippen molar-refractivity contribution >= 4 is 5.97 Å². The normalized spacial score (nSPS) is 10.3. The molecule has 0 aliphatic carbocycles. The summed E-state index contributed by atoms with van der Waals surface area (Å²) in [5.74, 6) is -0.609. The van der Waals surface area contributed by atoms with E-state index >= 15 is 0 Å². The summed E-state index contributed by atoms with van der Waals surface area (Å²) in [6.07, 6.45) is 0. The van der Waals surface area contributed by atoms with Crippen molar-refractivity contribution in [2.45, 2.75) is 13.8 Å². The Bertz CT molecular complexity index is 605. The van der Waals surface area contributed by atoms with E-state index in [-0.39, 0.29) is 11.8 Å². The molecule has 2 aromatic rings. The number of halogens is 1. The molecule has 0 heterocycles. The standard InChI is InChI=1S/C16H15FO2/c1-3-19-16(18)13-7-8-15(11(2)9-13)12-5-4-6-14(17)10-12/h4-10H,3H2,1-2H3. The lowest BCUT2D eigenvalue weighted by Crippen LogP contribution is -2.04. The molecule has 0 bridgehead atoms. The zero-order valence-corrected chi connectivity index (χ0v) is 10.9. The summed E-state index contributed by atoms with van der Waals surface area (Å²) in [6, 6.07) is 11.7. The minimum Gasteiger partial charge on any atom is -0.462 e. The van der Waals surface area contributed by atoms with Gasteiger partial charge in [-0.3, -0.25) is 0 Å². The first-order valence-electron chi connectivity index (χ1n) is 6.15. The van der Waals surface area contributed by atoms with Crippen molar-refractivity contribution in [1.82, 2.24) is 0 Å². The zero-order valence-electron chi connectivity index (χ0n) is 10.9. The van der Waals surface area contributed by atoms with E-state index in [0.29, 0.717) is 12.2 Å². The predicted octanol–water partition coefficient (Wildman–Crippen LogP) is 3.98. The van der Waals surface area contributed by atoms with Crippen LogP contribution in [0.5, 0.6) is 0 Å². The maximum atomic E-state index is 13.2. The fraction of sp³-hybridized carbons (Fsp3) is 0.188. The van der Waals surface area contributed by atoms with Crippen LogP contribution in [0, 0.1) is 12.7 Å². The number of benzene rings is 2. The summed E-state index contributed by atoms with van der Waals surface area (Å²) < 4.78 is 18.2. The summed E-state index contributed by atoms with van der Waals surface area (Å²) in [5.41, 5.74) is 3.14. The molecule has 0 saturated heterocycles. The molecule has 2 rings (SSSR count). The number of hydrogen-bond acceptors (Lipinski definition) is 2. The third-order valence-electron chi connectivity index (χ3n) is 2.87. The molecule has 0 aliphatic rings. The Balaban J connectivity index is 2.37. The summed E-state index contributed by atoms with van der Waals surface area (Å²) >= 11 is 0. The second kappa shape index (κ2) is 5.65. The number of carbonyl (C=O) groups is 1. The highest BCUT2D eigenvalue weighted by molar-refractivity contribution is 5.90. The lowest BCUT2D eigenvalue weighted by molar-refractivity contribution is 0.0526. The van der Waals surface area contributed by atoms with Gasteiger partial charge >= 0.3 is 5.97 Å². The number of ether oxygens (including phenoxy) is 1. The molecule has 2 nitrogen and oxygen atoms in total. The maximum Gasteiger partial charge on any atom is 0.338 e. The van der Waals surface area contributed by atoms with Crippen LogP contribution in [0.4, 0.5) is 4.39 Å². The van der Waals surface area contributed by atoms with Crippen molar-refractivity contribution < 1.29 is 13.9 Å². The molecule has 0 fully saturated rings. The Morgan fingerprint density at radius 3 is 2.63 bits per heavy atom. The SMILES string of the molecule is CCOC(=O)c1ccc(-c2cccc(F)c2)c(C)c1. The Hall–Kier alpha value is -2.16. The van der Waals surface area contributed by atoms with E-state index in [4.69, 9.17) is 4.74 Å². The average molecular weight is 258 g/mol. The molecule has 0 spiro atoms. The lowest BCUT2D eigenvalue weighted by atomic mass is 9.98.